The molecule has 1 amide bonds. The third-order valence-corrected chi connectivity index (χ3v) is 4.53. The number of carbonyl (C=O) groups excluding carboxylic acids is 1. The van der Waals surface area contributed by atoms with Crippen molar-refractivity contribution in [3.63, 3.8) is 0 Å². The zero-order valence-electron chi connectivity index (χ0n) is 16.4. The van der Waals surface area contributed by atoms with Crippen LogP contribution in [-0.2, 0) is 24.2 Å². The molecule has 0 radical (unpaired) electrons. The van der Waals surface area contributed by atoms with E-state index < -0.39 is 30.7 Å². The molecule has 9 nitrogen and oxygen atoms in total. The molecule has 0 aromatic heterocycles. The van der Waals surface area contributed by atoms with Crippen LogP contribution in [0.25, 0.3) is 0 Å². The first-order chi connectivity index (χ1) is 14.3. The van der Waals surface area contributed by atoms with E-state index in [-0.39, 0.29) is 24.0 Å². The van der Waals surface area contributed by atoms with Crippen LogP contribution in [0.2, 0.25) is 0 Å². The Morgan fingerprint density at radius 2 is 1.73 bits per heavy atom. The van der Waals surface area contributed by atoms with Crippen LogP contribution in [0.5, 0.6) is 5.75 Å². The number of aromatic hydroxyl groups is 1. The van der Waals surface area contributed by atoms with Crippen LogP contribution in [0.1, 0.15) is 27.0 Å². The minimum Gasteiger partial charge on any atom is -0.507 e. The number of phenols is 1. The van der Waals surface area contributed by atoms with Crippen LogP contribution in [0.15, 0.2) is 42.5 Å². The average Bonchev–Trinajstić information content (AvgIpc) is 2.70. The van der Waals surface area contributed by atoms with Gasteiger partial charge in [-0.3, -0.25) is 4.79 Å². The lowest BCUT2D eigenvalue weighted by atomic mass is 9.75. The van der Waals surface area contributed by atoms with Crippen molar-refractivity contribution < 1.29 is 29.9 Å². The summed E-state index contributed by atoms with van der Waals surface area (Å²) in [4.78, 5) is 23.5. The molecule has 0 bridgehead atoms. The van der Waals surface area contributed by atoms with Gasteiger partial charge < -0.3 is 36.6 Å². The van der Waals surface area contributed by atoms with E-state index in [1.165, 1.54) is 18.2 Å². The van der Waals surface area contributed by atoms with Gasteiger partial charge in [0, 0.05) is 19.6 Å². The first-order valence-electron chi connectivity index (χ1n) is 9.50. The molecule has 2 aromatic rings. The quantitative estimate of drug-likeness (QED) is 0.189. The summed E-state index contributed by atoms with van der Waals surface area (Å²) in [5, 5.41) is 44.1. The van der Waals surface area contributed by atoms with E-state index in [1.54, 1.807) is 0 Å². The summed E-state index contributed by atoms with van der Waals surface area (Å²) in [6, 6.07) is 11.5. The number of hydrogen-bond donors (Lipinski definition) is 7. The summed E-state index contributed by atoms with van der Waals surface area (Å²) >= 11 is 0. The Morgan fingerprint density at radius 3 is 2.33 bits per heavy atom. The number of benzene rings is 2. The number of nitrogens with one attached hydrogen (secondary N) is 2. The van der Waals surface area contributed by atoms with Gasteiger partial charge in [0.25, 0.3) is 0 Å². The number of amides is 1. The molecule has 0 fully saturated rings. The number of carbonyl (C=O) groups is 2. The van der Waals surface area contributed by atoms with Crippen molar-refractivity contribution in [2.24, 2.45) is 5.73 Å². The number of nitrogens with two attached hydrogens (primary N) is 1. The fraction of sp³-hybridized carbons (Fsp3) is 0.300. The van der Waals surface area contributed by atoms with Crippen LogP contribution in [-0.4, -0.2) is 58.3 Å². The van der Waals surface area contributed by atoms with Gasteiger partial charge in [0.2, 0.25) is 5.91 Å². The minimum atomic E-state index is -1.89. The third kappa shape index (κ3) is 6.85. The monoisotopic (exact) mass is 415 g/mol. The lowest BCUT2D eigenvalue weighted by Crippen LogP contribution is -2.48. The SMILES string of the molecule is NCCNCc1ccc(CC(=O)NC(Cc2cccc(C(=O)O)c2O)B(O)O)cc1. The molecule has 0 heterocycles. The Hall–Kier alpha value is -2.92. The highest BCUT2D eigenvalue weighted by Gasteiger charge is 2.27. The number of carboxylic acid groups (broad SMARTS) is 1. The van der Waals surface area contributed by atoms with E-state index in [2.05, 4.69) is 10.6 Å². The van der Waals surface area contributed by atoms with Crippen molar-refractivity contribution in [2.45, 2.75) is 25.3 Å². The van der Waals surface area contributed by atoms with Crippen molar-refractivity contribution in [3.05, 3.63) is 64.7 Å². The number of para-hydroxylation sites is 1. The molecule has 0 spiro atoms. The van der Waals surface area contributed by atoms with E-state index in [0.29, 0.717) is 19.6 Å². The second-order valence-corrected chi connectivity index (χ2v) is 6.87. The van der Waals surface area contributed by atoms with Crippen molar-refractivity contribution in [2.75, 3.05) is 13.1 Å². The molecule has 8 N–H and O–H groups in total. The fourth-order valence-corrected chi connectivity index (χ4v) is 2.95. The molecule has 10 heteroatoms. The Balaban J connectivity index is 1.99. The van der Waals surface area contributed by atoms with E-state index in [4.69, 9.17) is 10.8 Å². The topological polar surface area (TPSA) is 165 Å². The van der Waals surface area contributed by atoms with Crippen LogP contribution >= 0.6 is 0 Å². The highest BCUT2D eigenvalue weighted by molar-refractivity contribution is 6.43. The van der Waals surface area contributed by atoms with Crippen LogP contribution in [0.3, 0.4) is 0 Å². The maximum absolute atomic E-state index is 12.4. The summed E-state index contributed by atoms with van der Waals surface area (Å²) in [5.41, 5.74) is 7.10. The molecule has 2 aromatic carbocycles. The number of rotatable bonds is 11. The normalized spacial score (nSPS) is 11.7. The Labute approximate surface area is 174 Å². The van der Waals surface area contributed by atoms with Crippen LogP contribution < -0.4 is 16.4 Å². The largest absolute Gasteiger partial charge is 0.507 e. The summed E-state index contributed by atoms with van der Waals surface area (Å²) < 4.78 is 0. The molecule has 30 heavy (non-hydrogen) atoms. The molecule has 1 unspecified atom stereocenters. The zero-order valence-corrected chi connectivity index (χ0v) is 16.4. The highest BCUT2D eigenvalue weighted by Crippen LogP contribution is 2.24. The molecule has 160 valence electrons. The Kier molecular flexibility index (Phi) is 8.81. The van der Waals surface area contributed by atoms with Gasteiger partial charge in [-0.15, -0.1) is 0 Å². The van der Waals surface area contributed by atoms with E-state index in [0.717, 1.165) is 11.1 Å². The number of hydrogen-bond acceptors (Lipinski definition) is 7. The van der Waals surface area contributed by atoms with Crippen molar-refractivity contribution >= 4 is 19.0 Å². The van der Waals surface area contributed by atoms with Gasteiger partial charge in [0.1, 0.15) is 11.3 Å². The second-order valence-electron chi connectivity index (χ2n) is 6.87. The van der Waals surface area contributed by atoms with Gasteiger partial charge in [-0.25, -0.2) is 4.79 Å². The van der Waals surface area contributed by atoms with Gasteiger partial charge in [0.15, 0.2) is 0 Å². The van der Waals surface area contributed by atoms with Crippen molar-refractivity contribution in [1.82, 2.24) is 10.6 Å². The van der Waals surface area contributed by atoms with Gasteiger partial charge in [0.05, 0.1) is 12.4 Å². The minimum absolute atomic E-state index is 0.0286. The summed E-state index contributed by atoms with van der Waals surface area (Å²) in [6.07, 6.45) is -0.122. The predicted molar refractivity (Wildman–Crippen MR) is 112 cm³/mol. The molecule has 1 atom stereocenters. The molecule has 0 aliphatic rings. The van der Waals surface area contributed by atoms with Crippen molar-refractivity contribution in [1.29, 1.82) is 0 Å². The van der Waals surface area contributed by atoms with E-state index in [9.17, 15) is 24.7 Å². The number of carboxylic acids is 1. The predicted octanol–water partition coefficient (Wildman–Crippen LogP) is -0.579. The maximum atomic E-state index is 12.4. The molecule has 0 saturated carbocycles. The fourth-order valence-electron chi connectivity index (χ4n) is 2.95. The lowest BCUT2D eigenvalue weighted by molar-refractivity contribution is -0.120. The van der Waals surface area contributed by atoms with Gasteiger partial charge in [-0.05, 0) is 29.2 Å². The molecule has 2 rings (SSSR count). The maximum Gasteiger partial charge on any atom is 0.475 e. The molecule has 0 aliphatic heterocycles. The lowest BCUT2D eigenvalue weighted by Gasteiger charge is -2.19. The molecular formula is C20H26BN3O6. The first kappa shape index (κ1) is 23.4. The second kappa shape index (κ2) is 11.3. The highest BCUT2D eigenvalue weighted by atomic mass is 16.4. The average molecular weight is 415 g/mol. The third-order valence-electron chi connectivity index (χ3n) is 4.53. The van der Waals surface area contributed by atoms with Gasteiger partial charge >= 0.3 is 13.1 Å². The van der Waals surface area contributed by atoms with Crippen molar-refractivity contribution in [3.8, 4) is 5.75 Å². The Morgan fingerprint density at radius 1 is 1.07 bits per heavy atom. The Bertz CT molecular complexity index is 860. The summed E-state index contributed by atoms with van der Waals surface area (Å²) in [7, 11) is -1.89. The summed E-state index contributed by atoms with van der Waals surface area (Å²) in [6.45, 7) is 1.93. The number of aromatic carboxylic acids is 1. The standard InChI is InChI=1S/C20H26BN3O6/c22-8-9-23-12-14-6-4-13(5-7-14)10-18(25)24-17(21(29)30)11-15-2-1-3-16(19(15)26)20(27)28/h1-7,17,23,26,29-30H,8-12,22H2,(H,24,25)(H,27,28). The van der Waals surface area contributed by atoms with Crippen LogP contribution in [0, 0.1) is 0 Å². The molecule has 0 aliphatic carbocycles. The van der Waals surface area contributed by atoms with Gasteiger partial charge in [-0.2, -0.15) is 0 Å². The van der Waals surface area contributed by atoms with Crippen LogP contribution in [0.4, 0.5) is 0 Å². The smallest absolute Gasteiger partial charge is 0.475 e. The molecule has 0 saturated heterocycles. The van der Waals surface area contributed by atoms with E-state index in [1.807, 2.05) is 24.3 Å². The summed E-state index contributed by atoms with van der Waals surface area (Å²) in [5.74, 6) is -3.33. The van der Waals surface area contributed by atoms with E-state index >= 15 is 0 Å². The zero-order chi connectivity index (χ0) is 22.1. The molecular weight excluding hydrogens is 389 g/mol. The first-order valence-corrected chi connectivity index (χ1v) is 9.50. The van der Waals surface area contributed by atoms with Gasteiger partial charge in [-0.1, -0.05) is 36.4 Å².